The Morgan fingerprint density at radius 3 is 2.50 bits per heavy atom. The third kappa shape index (κ3) is 2.30. The van der Waals surface area contributed by atoms with E-state index < -0.39 is 0 Å². The fraction of sp³-hybridized carbons (Fsp3) is 0.333. The summed E-state index contributed by atoms with van der Waals surface area (Å²) in [6.07, 6.45) is 5.46. The summed E-state index contributed by atoms with van der Waals surface area (Å²) in [6, 6.07) is 6.02. The molecule has 0 saturated carbocycles. The number of hydrogen-bond donors (Lipinski definition) is 0. The van der Waals surface area contributed by atoms with Gasteiger partial charge < -0.3 is 4.90 Å². The zero-order valence-electron chi connectivity index (χ0n) is 8.55. The Labute approximate surface area is 94.2 Å². The summed E-state index contributed by atoms with van der Waals surface area (Å²) in [7, 11) is 0. The second-order valence-electron chi connectivity index (χ2n) is 2.98. The van der Waals surface area contributed by atoms with Crippen molar-refractivity contribution in [3.05, 3.63) is 28.2 Å². The first-order chi connectivity index (χ1) is 6.72. The van der Waals surface area contributed by atoms with Crippen LogP contribution in [0.25, 0.3) is 0 Å². The third-order valence-electron chi connectivity index (χ3n) is 2.22. The van der Waals surface area contributed by atoms with Crippen molar-refractivity contribution in [2.45, 2.75) is 13.8 Å². The van der Waals surface area contributed by atoms with Crippen molar-refractivity contribution in [1.82, 2.24) is 0 Å². The predicted molar refractivity (Wildman–Crippen MR) is 65.6 cm³/mol. The molecule has 0 fully saturated rings. The molecule has 0 spiro atoms. The Hall–Kier alpha value is -0.940. The Bertz CT molecular complexity index is 348. The van der Waals surface area contributed by atoms with Crippen LogP contribution < -0.4 is 4.90 Å². The van der Waals surface area contributed by atoms with Gasteiger partial charge >= 0.3 is 0 Å². The molecule has 0 aromatic heterocycles. The molecule has 0 aliphatic rings. The third-order valence-corrected chi connectivity index (χ3v) is 2.71. The molecule has 0 heterocycles. The molecule has 0 aliphatic heterocycles. The molecule has 0 saturated heterocycles. The number of rotatable bonds is 3. The Kier molecular flexibility index (Phi) is 4.03. The molecule has 1 aromatic carbocycles. The van der Waals surface area contributed by atoms with Gasteiger partial charge in [-0.1, -0.05) is 21.9 Å². The number of hydrogen-bond acceptors (Lipinski definition) is 1. The zero-order chi connectivity index (χ0) is 10.6. The van der Waals surface area contributed by atoms with Gasteiger partial charge in [-0.2, -0.15) is 0 Å². The van der Waals surface area contributed by atoms with E-state index in [1.807, 2.05) is 12.1 Å². The van der Waals surface area contributed by atoms with Crippen LogP contribution in [0.2, 0.25) is 0 Å². The standard InChI is InChI=1S/C12H14BrN/c1-4-10-7-8-11(13)9-12(10)14(5-2)6-3/h1,7-9H,5-6H2,2-3H3. The van der Waals surface area contributed by atoms with E-state index in [9.17, 15) is 0 Å². The van der Waals surface area contributed by atoms with Crippen molar-refractivity contribution >= 4 is 21.6 Å². The molecule has 1 nitrogen and oxygen atoms in total. The van der Waals surface area contributed by atoms with Crippen molar-refractivity contribution in [2.24, 2.45) is 0 Å². The summed E-state index contributed by atoms with van der Waals surface area (Å²) in [4.78, 5) is 2.25. The largest absolute Gasteiger partial charge is 0.371 e. The second kappa shape index (κ2) is 5.07. The van der Waals surface area contributed by atoms with Gasteiger partial charge in [-0.05, 0) is 32.0 Å². The second-order valence-corrected chi connectivity index (χ2v) is 3.89. The highest BCUT2D eigenvalue weighted by Crippen LogP contribution is 2.24. The predicted octanol–water partition coefficient (Wildman–Crippen LogP) is 3.28. The summed E-state index contributed by atoms with van der Waals surface area (Å²) in [5.41, 5.74) is 2.09. The Morgan fingerprint density at radius 1 is 1.36 bits per heavy atom. The van der Waals surface area contributed by atoms with Crippen molar-refractivity contribution in [1.29, 1.82) is 0 Å². The maximum Gasteiger partial charge on any atom is 0.0536 e. The average Bonchev–Trinajstić information content (AvgIpc) is 2.20. The van der Waals surface area contributed by atoms with Crippen molar-refractivity contribution in [2.75, 3.05) is 18.0 Å². The van der Waals surface area contributed by atoms with E-state index in [4.69, 9.17) is 6.42 Å². The summed E-state index contributed by atoms with van der Waals surface area (Å²) >= 11 is 3.46. The smallest absolute Gasteiger partial charge is 0.0536 e. The monoisotopic (exact) mass is 251 g/mol. The van der Waals surface area contributed by atoms with Gasteiger partial charge in [0.05, 0.1) is 5.69 Å². The number of terminal acetylenes is 1. The first kappa shape index (κ1) is 11.1. The van der Waals surface area contributed by atoms with Gasteiger partial charge in [0.25, 0.3) is 0 Å². The van der Waals surface area contributed by atoms with Gasteiger partial charge in [0, 0.05) is 23.1 Å². The minimum absolute atomic E-state index is 0.955. The molecule has 0 bridgehead atoms. The van der Waals surface area contributed by atoms with E-state index in [1.165, 1.54) is 0 Å². The zero-order valence-corrected chi connectivity index (χ0v) is 10.1. The number of benzene rings is 1. The lowest BCUT2D eigenvalue weighted by Crippen LogP contribution is -2.22. The Morgan fingerprint density at radius 2 is 2.00 bits per heavy atom. The van der Waals surface area contributed by atoms with Crippen LogP contribution >= 0.6 is 15.9 Å². The first-order valence-corrected chi connectivity index (χ1v) is 5.53. The van der Waals surface area contributed by atoms with E-state index in [-0.39, 0.29) is 0 Å². The molecule has 0 amide bonds. The van der Waals surface area contributed by atoms with Gasteiger partial charge in [0.15, 0.2) is 0 Å². The molecule has 0 aliphatic carbocycles. The lowest BCUT2D eigenvalue weighted by atomic mass is 10.1. The van der Waals surface area contributed by atoms with Crippen LogP contribution in [0, 0.1) is 12.3 Å². The highest BCUT2D eigenvalue weighted by atomic mass is 79.9. The van der Waals surface area contributed by atoms with E-state index in [1.54, 1.807) is 0 Å². The van der Waals surface area contributed by atoms with E-state index >= 15 is 0 Å². The maximum absolute atomic E-state index is 5.46. The van der Waals surface area contributed by atoms with Crippen LogP contribution in [-0.2, 0) is 0 Å². The van der Waals surface area contributed by atoms with Crippen molar-refractivity contribution in [3.8, 4) is 12.3 Å². The summed E-state index contributed by atoms with van der Waals surface area (Å²) < 4.78 is 1.07. The molecule has 1 rings (SSSR count). The van der Waals surface area contributed by atoms with Crippen LogP contribution in [-0.4, -0.2) is 13.1 Å². The van der Waals surface area contributed by atoms with Gasteiger partial charge in [-0.3, -0.25) is 0 Å². The topological polar surface area (TPSA) is 3.24 Å². The van der Waals surface area contributed by atoms with Crippen molar-refractivity contribution < 1.29 is 0 Å². The fourth-order valence-electron chi connectivity index (χ4n) is 1.45. The molecular formula is C12H14BrN. The summed E-state index contributed by atoms with van der Waals surface area (Å²) in [6.45, 7) is 6.21. The quantitative estimate of drug-likeness (QED) is 0.746. The van der Waals surface area contributed by atoms with E-state index in [0.717, 1.165) is 28.8 Å². The number of halogens is 1. The molecule has 74 valence electrons. The molecule has 0 atom stereocenters. The highest BCUT2D eigenvalue weighted by molar-refractivity contribution is 9.10. The Balaban J connectivity index is 3.16. The molecule has 14 heavy (non-hydrogen) atoms. The molecule has 0 unspecified atom stereocenters. The summed E-state index contributed by atoms with van der Waals surface area (Å²) in [5, 5.41) is 0. The number of nitrogens with zero attached hydrogens (tertiary/aromatic N) is 1. The van der Waals surface area contributed by atoms with Crippen LogP contribution in [0.5, 0.6) is 0 Å². The molecular weight excluding hydrogens is 238 g/mol. The van der Waals surface area contributed by atoms with Crippen LogP contribution in [0.1, 0.15) is 19.4 Å². The van der Waals surface area contributed by atoms with E-state index in [0.29, 0.717) is 0 Å². The lowest BCUT2D eigenvalue weighted by molar-refractivity contribution is 0.864. The highest BCUT2D eigenvalue weighted by Gasteiger charge is 2.06. The van der Waals surface area contributed by atoms with Gasteiger partial charge in [0.1, 0.15) is 0 Å². The summed E-state index contributed by atoms with van der Waals surface area (Å²) in [5.74, 6) is 2.71. The molecule has 0 N–H and O–H groups in total. The van der Waals surface area contributed by atoms with Crippen molar-refractivity contribution in [3.63, 3.8) is 0 Å². The minimum Gasteiger partial charge on any atom is -0.371 e. The SMILES string of the molecule is C#Cc1ccc(Br)cc1N(CC)CC. The van der Waals surface area contributed by atoms with Gasteiger partial charge in [-0.15, -0.1) is 6.42 Å². The van der Waals surface area contributed by atoms with Crippen LogP contribution in [0.15, 0.2) is 22.7 Å². The molecule has 1 aromatic rings. The average molecular weight is 252 g/mol. The first-order valence-electron chi connectivity index (χ1n) is 4.74. The minimum atomic E-state index is 0.955. The maximum atomic E-state index is 5.46. The van der Waals surface area contributed by atoms with Crippen LogP contribution in [0.4, 0.5) is 5.69 Å². The fourth-order valence-corrected chi connectivity index (χ4v) is 1.80. The lowest BCUT2D eigenvalue weighted by Gasteiger charge is -2.22. The van der Waals surface area contributed by atoms with Gasteiger partial charge in [0.2, 0.25) is 0 Å². The van der Waals surface area contributed by atoms with Crippen LogP contribution in [0.3, 0.4) is 0 Å². The van der Waals surface area contributed by atoms with Gasteiger partial charge in [-0.25, -0.2) is 0 Å². The van der Waals surface area contributed by atoms with E-state index in [2.05, 4.69) is 46.7 Å². The number of anilines is 1. The normalized spacial score (nSPS) is 9.57. The molecule has 0 radical (unpaired) electrons. The molecule has 2 heteroatoms.